The number of carbonyl (C=O) groups is 2. The van der Waals surface area contributed by atoms with Gasteiger partial charge >= 0.3 is 0 Å². The zero-order valence-corrected chi connectivity index (χ0v) is 16.2. The third-order valence-electron chi connectivity index (χ3n) is 4.72. The van der Waals surface area contributed by atoms with Crippen LogP contribution in [0.4, 0.5) is 0 Å². The predicted molar refractivity (Wildman–Crippen MR) is 106 cm³/mol. The maximum atomic E-state index is 12.7. The molecule has 1 fully saturated rings. The molecule has 1 aliphatic rings. The number of carbonyl (C=O) groups excluding carboxylic acids is 2. The zero-order valence-electron chi connectivity index (χ0n) is 15.4. The van der Waals surface area contributed by atoms with Crippen LogP contribution >= 0.6 is 11.3 Å². The number of hydrogen-bond acceptors (Lipinski definition) is 3. The van der Waals surface area contributed by atoms with Crippen molar-refractivity contribution >= 4 is 23.2 Å². The van der Waals surface area contributed by atoms with Crippen molar-refractivity contribution in [2.45, 2.75) is 39.2 Å². The number of thiophene rings is 1. The first-order valence-electron chi connectivity index (χ1n) is 9.26. The summed E-state index contributed by atoms with van der Waals surface area (Å²) in [4.78, 5) is 27.6. The fourth-order valence-electron chi connectivity index (χ4n) is 3.33. The van der Waals surface area contributed by atoms with Gasteiger partial charge in [0.25, 0.3) is 5.91 Å². The van der Waals surface area contributed by atoms with Gasteiger partial charge in [0.15, 0.2) is 0 Å². The van der Waals surface area contributed by atoms with Gasteiger partial charge in [-0.05, 0) is 35.8 Å². The Morgan fingerprint density at radius 3 is 2.50 bits per heavy atom. The van der Waals surface area contributed by atoms with E-state index in [2.05, 4.69) is 19.2 Å². The van der Waals surface area contributed by atoms with Crippen molar-refractivity contribution in [3.8, 4) is 11.1 Å². The highest BCUT2D eigenvalue weighted by Crippen LogP contribution is 2.28. The van der Waals surface area contributed by atoms with Gasteiger partial charge in [0.2, 0.25) is 5.91 Å². The van der Waals surface area contributed by atoms with Gasteiger partial charge < -0.3 is 10.2 Å². The Hall–Kier alpha value is -2.14. The van der Waals surface area contributed by atoms with Gasteiger partial charge in [0.1, 0.15) is 0 Å². The van der Waals surface area contributed by atoms with Gasteiger partial charge in [-0.15, -0.1) is 11.3 Å². The summed E-state index contributed by atoms with van der Waals surface area (Å²) in [6, 6.07) is 12.1. The Balaban J connectivity index is 1.57. The van der Waals surface area contributed by atoms with Gasteiger partial charge in [-0.1, -0.05) is 44.2 Å². The van der Waals surface area contributed by atoms with Crippen molar-refractivity contribution in [2.75, 3.05) is 13.1 Å². The molecule has 26 heavy (non-hydrogen) atoms. The molecule has 1 aliphatic heterocycles. The Morgan fingerprint density at radius 1 is 1.15 bits per heavy atom. The van der Waals surface area contributed by atoms with E-state index >= 15 is 0 Å². The molecule has 0 aliphatic carbocycles. The fourth-order valence-corrected chi connectivity index (χ4v) is 4.15. The van der Waals surface area contributed by atoms with Gasteiger partial charge in [-0.3, -0.25) is 9.59 Å². The average molecular weight is 371 g/mol. The van der Waals surface area contributed by atoms with Crippen LogP contribution < -0.4 is 5.32 Å². The Morgan fingerprint density at radius 2 is 1.85 bits per heavy atom. The molecule has 1 N–H and O–H groups in total. The third-order valence-corrected chi connectivity index (χ3v) is 5.64. The molecule has 1 aromatic carbocycles. The van der Waals surface area contributed by atoms with Gasteiger partial charge in [-0.2, -0.15) is 0 Å². The van der Waals surface area contributed by atoms with Crippen LogP contribution in [0.1, 0.15) is 42.8 Å². The Labute approximate surface area is 159 Å². The van der Waals surface area contributed by atoms with E-state index < -0.39 is 0 Å². The molecule has 1 saturated heterocycles. The average Bonchev–Trinajstić information content (AvgIpc) is 3.12. The van der Waals surface area contributed by atoms with E-state index in [1.807, 2.05) is 46.7 Å². The molecule has 4 nitrogen and oxygen atoms in total. The quantitative estimate of drug-likeness (QED) is 0.858. The molecule has 3 rings (SSSR count). The van der Waals surface area contributed by atoms with Crippen molar-refractivity contribution in [2.24, 2.45) is 5.92 Å². The molecule has 2 aromatic rings. The molecule has 2 heterocycles. The monoisotopic (exact) mass is 370 g/mol. The standard InChI is InChI=1S/C21H26N2O2S/c1-15(2)14-19(24)23-11-8-17(9-12-23)22-21(25)20-18(10-13-26-20)16-6-4-3-5-7-16/h3-7,10,13,15,17H,8-9,11-12,14H2,1-2H3,(H,22,25). The summed E-state index contributed by atoms with van der Waals surface area (Å²) in [5, 5.41) is 5.13. The number of likely N-dealkylation sites (tertiary alicyclic amines) is 1. The first-order chi connectivity index (χ1) is 12.5. The van der Waals surface area contributed by atoms with E-state index in [9.17, 15) is 9.59 Å². The van der Waals surface area contributed by atoms with Crippen LogP contribution in [0.25, 0.3) is 11.1 Å². The highest BCUT2D eigenvalue weighted by molar-refractivity contribution is 7.12. The predicted octanol–water partition coefficient (Wildman–Crippen LogP) is 4.18. The van der Waals surface area contributed by atoms with Gasteiger partial charge in [-0.25, -0.2) is 0 Å². The number of rotatable bonds is 5. The molecular formula is C21H26N2O2S. The summed E-state index contributed by atoms with van der Waals surface area (Å²) in [6.07, 6.45) is 2.25. The van der Waals surface area contributed by atoms with Crippen LogP contribution in [-0.4, -0.2) is 35.8 Å². The van der Waals surface area contributed by atoms with Crippen molar-refractivity contribution < 1.29 is 9.59 Å². The SMILES string of the molecule is CC(C)CC(=O)N1CCC(NC(=O)c2sccc2-c2ccccc2)CC1. The summed E-state index contributed by atoms with van der Waals surface area (Å²) in [7, 11) is 0. The lowest BCUT2D eigenvalue weighted by Gasteiger charge is -2.32. The van der Waals surface area contributed by atoms with Crippen LogP contribution in [0.2, 0.25) is 0 Å². The van der Waals surface area contributed by atoms with E-state index in [4.69, 9.17) is 0 Å². The number of piperidine rings is 1. The molecular weight excluding hydrogens is 344 g/mol. The van der Waals surface area contributed by atoms with Crippen molar-refractivity contribution in [3.05, 3.63) is 46.7 Å². The largest absolute Gasteiger partial charge is 0.348 e. The molecule has 0 radical (unpaired) electrons. The van der Waals surface area contributed by atoms with Gasteiger partial charge in [0, 0.05) is 31.1 Å². The summed E-state index contributed by atoms with van der Waals surface area (Å²) in [5.74, 6) is 0.607. The van der Waals surface area contributed by atoms with Crippen molar-refractivity contribution in [3.63, 3.8) is 0 Å². The summed E-state index contributed by atoms with van der Waals surface area (Å²) >= 11 is 1.48. The Kier molecular flexibility index (Phi) is 6.09. The van der Waals surface area contributed by atoms with E-state index in [1.165, 1.54) is 11.3 Å². The molecule has 0 spiro atoms. The lowest BCUT2D eigenvalue weighted by Crippen LogP contribution is -2.46. The van der Waals surface area contributed by atoms with E-state index in [-0.39, 0.29) is 17.9 Å². The summed E-state index contributed by atoms with van der Waals surface area (Å²) < 4.78 is 0. The molecule has 0 bridgehead atoms. The summed E-state index contributed by atoms with van der Waals surface area (Å²) in [5.41, 5.74) is 2.05. The van der Waals surface area contributed by atoms with Crippen LogP contribution in [0.5, 0.6) is 0 Å². The lowest BCUT2D eigenvalue weighted by molar-refractivity contribution is -0.133. The molecule has 138 valence electrons. The smallest absolute Gasteiger partial charge is 0.262 e. The maximum absolute atomic E-state index is 12.7. The molecule has 0 saturated carbocycles. The lowest BCUT2D eigenvalue weighted by atomic mass is 10.0. The van der Waals surface area contributed by atoms with Crippen LogP contribution in [0.3, 0.4) is 0 Å². The van der Waals surface area contributed by atoms with E-state index in [0.29, 0.717) is 12.3 Å². The number of nitrogens with one attached hydrogen (secondary N) is 1. The minimum atomic E-state index is -0.00851. The van der Waals surface area contributed by atoms with Gasteiger partial charge in [0.05, 0.1) is 4.88 Å². The Bertz CT molecular complexity index is 746. The maximum Gasteiger partial charge on any atom is 0.262 e. The minimum absolute atomic E-state index is 0.00851. The highest BCUT2D eigenvalue weighted by atomic mass is 32.1. The first kappa shape index (κ1) is 18.6. The molecule has 0 atom stereocenters. The molecule has 0 unspecified atom stereocenters. The second-order valence-electron chi connectivity index (χ2n) is 7.26. The third kappa shape index (κ3) is 4.52. The van der Waals surface area contributed by atoms with Crippen LogP contribution in [-0.2, 0) is 4.79 Å². The summed E-state index contributed by atoms with van der Waals surface area (Å²) in [6.45, 7) is 5.59. The molecule has 5 heteroatoms. The number of benzene rings is 1. The minimum Gasteiger partial charge on any atom is -0.348 e. The van der Waals surface area contributed by atoms with E-state index in [0.717, 1.165) is 41.9 Å². The highest BCUT2D eigenvalue weighted by Gasteiger charge is 2.25. The van der Waals surface area contributed by atoms with Crippen LogP contribution in [0, 0.1) is 5.92 Å². The zero-order chi connectivity index (χ0) is 18.5. The van der Waals surface area contributed by atoms with Crippen LogP contribution in [0.15, 0.2) is 41.8 Å². The first-order valence-corrected chi connectivity index (χ1v) is 10.1. The number of amides is 2. The molecule has 1 aromatic heterocycles. The normalized spacial score (nSPS) is 15.3. The second kappa shape index (κ2) is 8.49. The number of nitrogens with zero attached hydrogens (tertiary/aromatic N) is 1. The van der Waals surface area contributed by atoms with Crippen molar-refractivity contribution in [1.82, 2.24) is 10.2 Å². The topological polar surface area (TPSA) is 49.4 Å². The number of hydrogen-bond donors (Lipinski definition) is 1. The van der Waals surface area contributed by atoms with E-state index in [1.54, 1.807) is 0 Å². The van der Waals surface area contributed by atoms with Crippen molar-refractivity contribution in [1.29, 1.82) is 0 Å². The molecule has 2 amide bonds. The fraction of sp³-hybridized carbons (Fsp3) is 0.429. The second-order valence-corrected chi connectivity index (χ2v) is 8.17.